The predicted molar refractivity (Wildman–Crippen MR) is 77.8 cm³/mol. The Morgan fingerprint density at radius 3 is 2.95 bits per heavy atom. The molecule has 0 aliphatic rings. The van der Waals surface area contributed by atoms with Crippen molar-refractivity contribution in [3.8, 4) is 5.75 Å². The lowest BCUT2D eigenvalue weighted by Crippen LogP contribution is -2.23. The van der Waals surface area contributed by atoms with E-state index in [1.54, 1.807) is 30.8 Å². The second-order valence-corrected chi connectivity index (χ2v) is 5.35. The summed E-state index contributed by atoms with van der Waals surface area (Å²) in [5.74, 6) is 0.820. The number of hydrogen-bond acceptors (Lipinski definition) is 5. The minimum absolute atomic E-state index is 0.199. The van der Waals surface area contributed by atoms with Crippen LogP contribution in [0.1, 0.15) is 29.2 Å². The fourth-order valence-electron chi connectivity index (χ4n) is 2.10. The Morgan fingerprint density at radius 1 is 1.47 bits per heavy atom. The van der Waals surface area contributed by atoms with Gasteiger partial charge in [0.2, 0.25) is 0 Å². The highest BCUT2D eigenvalue weighted by Gasteiger charge is 2.17. The molecule has 102 valence electrons. The van der Waals surface area contributed by atoms with Crippen molar-refractivity contribution in [2.75, 3.05) is 13.7 Å². The van der Waals surface area contributed by atoms with Crippen molar-refractivity contribution in [1.29, 1.82) is 0 Å². The fraction of sp³-hybridized carbons (Fsp3) is 0.429. The molecular weight excluding hydrogens is 258 g/mol. The van der Waals surface area contributed by atoms with E-state index in [4.69, 9.17) is 4.74 Å². The molecule has 0 aliphatic carbocycles. The van der Waals surface area contributed by atoms with Crippen LogP contribution in [0, 0.1) is 6.92 Å². The lowest BCUT2D eigenvalue weighted by molar-refractivity contribution is 0.397. The maximum absolute atomic E-state index is 5.40. The molecular formula is C14H19N3OS. The van der Waals surface area contributed by atoms with Gasteiger partial charge in [-0.05, 0) is 19.5 Å². The summed E-state index contributed by atoms with van der Waals surface area (Å²) >= 11 is 1.69. The van der Waals surface area contributed by atoms with Crippen molar-refractivity contribution in [3.05, 3.63) is 40.1 Å². The van der Waals surface area contributed by atoms with Crippen molar-refractivity contribution < 1.29 is 4.74 Å². The molecule has 4 nitrogen and oxygen atoms in total. The standard InChI is InChI=1S/C14H19N3OS/c1-4-16-13(7-11-9-19-10(2)17-11)12-5-6-15-8-14(12)18-3/h5-6,8-9,13,16H,4,7H2,1-3H3. The third-order valence-electron chi connectivity index (χ3n) is 2.94. The number of nitrogens with one attached hydrogen (secondary N) is 1. The number of ether oxygens (including phenoxy) is 1. The highest BCUT2D eigenvalue weighted by molar-refractivity contribution is 7.09. The Bertz CT molecular complexity index is 527. The van der Waals surface area contributed by atoms with Gasteiger partial charge in [0, 0.05) is 29.6 Å². The van der Waals surface area contributed by atoms with Crippen LogP contribution >= 0.6 is 11.3 Å². The normalized spacial score (nSPS) is 12.4. The van der Waals surface area contributed by atoms with Gasteiger partial charge in [-0.3, -0.25) is 4.98 Å². The van der Waals surface area contributed by atoms with Gasteiger partial charge in [0.05, 0.1) is 24.0 Å². The van der Waals surface area contributed by atoms with Crippen LogP contribution in [0.5, 0.6) is 5.75 Å². The Morgan fingerprint density at radius 2 is 2.32 bits per heavy atom. The average molecular weight is 277 g/mol. The number of thiazole rings is 1. The molecule has 0 radical (unpaired) electrons. The molecule has 0 spiro atoms. The second-order valence-electron chi connectivity index (χ2n) is 4.29. The third kappa shape index (κ3) is 3.52. The van der Waals surface area contributed by atoms with Gasteiger partial charge in [-0.25, -0.2) is 4.98 Å². The lowest BCUT2D eigenvalue weighted by atomic mass is 10.0. The van der Waals surface area contributed by atoms with Crippen LogP contribution in [-0.2, 0) is 6.42 Å². The van der Waals surface area contributed by atoms with Gasteiger partial charge in [0.15, 0.2) is 0 Å². The van der Waals surface area contributed by atoms with E-state index in [-0.39, 0.29) is 6.04 Å². The van der Waals surface area contributed by atoms with Gasteiger partial charge in [-0.1, -0.05) is 6.92 Å². The molecule has 5 heteroatoms. The molecule has 1 unspecified atom stereocenters. The number of hydrogen-bond donors (Lipinski definition) is 1. The molecule has 0 bridgehead atoms. The summed E-state index contributed by atoms with van der Waals surface area (Å²) in [7, 11) is 1.68. The number of rotatable bonds is 6. The van der Waals surface area contributed by atoms with Crippen molar-refractivity contribution in [1.82, 2.24) is 15.3 Å². The maximum atomic E-state index is 5.40. The van der Waals surface area contributed by atoms with E-state index in [0.29, 0.717) is 0 Å². The average Bonchev–Trinajstić information content (AvgIpc) is 2.84. The molecule has 1 N–H and O–H groups in total. The molecule has 0 saturated carbocycles. The molecule has 1 atom stereocenters. The highest BCUT2D eigenvalue weighted by Crippen LogP contribution is 2.26. The van der Waals surface area contributed by atoms with Crippen LogP contribution in [0.2, 0.25) is 0 Å². The fourth-order valence-corrected chi connectivity index (χ4v) is 2.72. The van der Waals surface area contributed by atoms with E-state index in [1.165, 1.54) is 0 Å². The van der Waals surface area contributed by atoms with Crippen molar-refractivity contribution in [3.63, 3.8) is 0 Å². The largest absolute Gasteiger partial charge is 0.495 e. The molecule has 0 saturated heterocycles. The van der Waals surface area contributed by atoms with Gasteiger partial charge >= 0.3 is 0 Å². The number of pyridine rings is 1. The molecule has 2 aromatic heterocycles. The zero-order valence-corrected chi connectivity index (χ0v) is 12.3. The summed E-state index contributed by atoms with van der Waals surface area (Å²) in [5, 5.41) is 6.71. The van der Waals surface area contributed by atoms with Gasteiger partial charge < -0.3 is 10.1 Å². The number of methoxy groups -OCH3 is 1. The van der Waals surface area contributed by atoms with Crippen molar-refractivity contribution >= 4 is 11.3 Å². The Labute approximate surface area is 117 Å². The molecule has 0 amide bonds. The quantitative estimate of drug-likeness (QED) is 0.882. The van der Waals surface area contributed by atoms with E-state index in [1.807, 2.05) is 13.0 Å². The summed E-state index contributed by atoms with van der Waals surface area (Å²) in [4.78, 5) is 8.64. The summed E-state index contributed by atoms with van der Waals surface area (Å²) < 4.78 is 5.40. The van der Waals surface area contributed by atoms with Gasteiger partial charge in [0.1, 0.15) is 5.75 Å². The smallest absolute Gasteiger partial charge is 0.141 e. The SMILES string of the molecule is CCNC(Cc1csc(C)n1)c1ccncc1OC. The van der Waals surface area contributed by atoms with E-state index < -0.39 is 0 Å². The predicted octanol–water partition coefficient (Wildman–Crippen LogP) is 2.75. The Hall–Kier alpha value is -1.46. The van der Waals surface area contributed by atoms with Crippen molar-refractivity contribution in [2.24, 2.45) is 0 Å². The maximum Gasteiger partial charge on any atom is 0.141 e. The van der Waals surface area contributed by atoms with Crippen molar-refractivity contribution in [2.45, 2.75) is 26.3 Å². The number of aryl methyl sites for hydroxylation is 1. The first-order chi connectivity index (χ1) is 9.24. The molecule has 19 heavy (non-hydrogen) atoms. The van der Waals surface area contributed by atoms with E-state index in [0.717, 1.165) is 35.0 Å². The van der Waals surface area contributed by atoms with Gasteiger partial charge in [-0.15, -0.1) is 11.3 Å². The summed E-state index contributed by atoms with van der Waals surface area (Å²) in [6.45, 7) is 5.04. The van der Waals surface area contributed by atoms with Gasteiger partial charge in [-0.2, -0.15) is 0 Å². The van der Waals surface area contributed by atoms with Crippen LogP contribution in [0.15, 0.2) is 23.8 Å². The summed E-state index contributed by atoms with van der Waals surface area (Å²) in [6.07, 6.45) is 4.42. The van der Waals surface area contributed by atoms with Crippen LogP contribution in [0.25, 0.3) is 0 Å². The number of nitrogens with zero attached hydrogens (tertiary/aromatic N) is 2. The summed E-state index contributed by atoms with van der Waals surface area (Å²) in [6, 6.07) is 2.20. The minimum Gasteiger partial charge on any atom is -0.495 e. The molecule has 0 fully saturated rings. The minimum atomic E-state index is 0.199. The van der Waals surface area contributed by atoms with Crippen LogP contribution in [0.3, 0.4) is 0 Å². The zero-order chi connectivity index (χ0) is 13.7. The number of likely N-dealkylation sites (N-methyl/N-ethyl adjacent to an activating group) is 1. The van der Waals surface area contributed by atoms with Crippen LogP contribution in [-0.4, -0.2) is 23.6 Å². The monoisotopic (exact) mass is 277 g/mol. The third-order valence-corrected chi connectivity index (χ3v) is 3.76. The number of aromatic nitrogens is 2. The van der Waals surface area contributed by atoms with E-state index in [2.05, 4.69) is 27.6 Å². The first kappa shape index (κ1) is 14.0. The topological polar surface area (TPSA) is 47.0 Å². The lowest BCUT2D eigenvalue weighted by Gasteiger charge is -2.19. The molecule has 0 aliphatic heterocycles. The van der Waals surface area contributed by atoms with Gasteiger partial charge in [0.25, 0.3) is 0 Å². The van der Waals surface area contributed by atoms with E-state index in [9.17, 15) is 0 Å². The molecule has 2 rings (SSSR count). The van der Waals surface area contributed by atoms with E-state index >= 15 is 0 Å². The molecule has 2 aromatic rings. The molecule has 0 aromatic carbocycles. The van der Waals surface area contributed by atoms with Crippen LogP contribution < -0.4 is 10.1 Å². The van der Waals surface area contributed by atoms with Crippen LogP contribution in [0.4, 0.5) is 0 Å². The second kappa shape index (κ2) is 6.63. The highest BCUT2D eigenvalue weighted by atomic mass is 32.1. The first-order valence-corrected chi connectivity index (χ1v) is 7.24. The summed E-state index contributed by atoms with van der Waals surface area (Å²) in [5.41, 5.74) is 2.25. The molecule has 2 heterocycles. The zero-order valence-electron chi connectivity index (χ0n) is 11.5. The Kier molecular flexibility index (Phi) is 4.87. The Balaban J connectivity index is 2.23. The first-order valence-electron chi connectivity index (χ1n) is 6.36.